The zero-order valence-corrected chi connectivity index (χ0v) is 15.6. The fourth-order valence-electron chi connectivity index (χ4n) is 4.82. The van der Waals surface area contributed by atoms with Crippen LogP contribution in [0.5, 0.6) is 5.75 Å². The molecule has 3 N–H and O–H groups in total. The van der Waals surface area contributed by atoms with Crippen molar-refractivity contribution in [2.75, 3.05) is 13.7 Å². The van der Waals surface area contributed by atoms with Gasteiger partial charge >= 0.3 is 0 Å². The number of nitrogens with one attached hydrogen (secondary N) is 3. The molecule has 3 aliphatic rings. The summed E-state index contributed by atoms with van der Waals surface area (Å²) in [6.07, 6.45) is 7.75. The SMILES string of the molecule is COc1ccc(C2NNC(C)C2CC(=O)NCC2CC3C=CC2C3)cc1. The highest BCUT2D eigenvalue weighted by Crippen LogP contribution is 2.43. The van der Waals surface area contributed by atoms with Crippen LogP contribution in [-0.4, -0.2) is 25.6 Å². The molecule has 1 aromatic rings. The molecule has 140 valence electrons. The van der Waals surface area contributed by atoms with Gasteiger partial charge in [-0.2, -0.15) is 0 Å². The zero-order chi connectivity index (χ0) is 18.1. The van der Waals surface area contributed by atoms with Crippen LogP contribution in [0.25, 0.3) is 0 Å². The van der Waals surface area contributed by atoms with E-state index >= 15 is 0 Å². The number of methoxy groups -OCH3 is 1. The minimum absolute atomic E-state index is 0.132. The molecule has 6 atom stereocenters. The monoisotopic (exact) mass is 355 g/mol. The van der Waals surface area contributed by atoms with Crippen LogP contribution in [0.3, 0.4) is 0 Å². The van der Waals surface area contributed by atoms with Gasteiger partial charge in [0.05, 0.1) is 13.2 Å². The lowest BCUT2D eigenvalue weighted by atomic mass is 9.87. The van der Waals surface area contributed by atoms with Crippen molar-refractivity contribution in [2.24, 2.45) is 23.7 Å². The largest absolute Gasteiger partial charge is 0.497 e. The van der Waals surface area contributed by atoms with Gasteiger partial charge in [-0.15, -0.1) is 0 Å². The Morgan fingerprint density at radius 1 is 1.19 bits per heavy atom. The fourth-order valence-corrected chi connectivity index (χ4v) is 4.82. The van der Waals surface area contributed by atoms with Crippen LogP contribution >= 0.6 is 0 Å². The molecule has 1 heterocycles. The van der Waals surface area contributed by atoms with Crippen molar-refractivity contribution in [3.63, 3.8) is 0 Å². The van der Waals surface area contributed by atoms with E-state index in [1.807, 2.05) is 12.1 Å². The van der Waals surface area contributed by atoms with Crippen molar-refractivity contribution >= 4 is 5.91 Å². The van der Waals surface area contributed by atoms with Gasteiger partial charge in [-0.25, -0.2) is 5.43 Å². The number of fused-ring (bicyclic) bond motifs is 2. The van der Waals surface area contributed by atoms with Crippen LogP contribution in [0, 0.1) is 23.7 Å². The number of carbonyl (C=O) groups is 1. The van der Waals surface area contributed by atoms with Crippen molar-refractivity contribution in [1.82, 2.24) is 16.2 Å². The Morgan fingerprint density at radius 2 is 2.00 bits per heavy atom. The van der Waals surface area contributed by atoms with Crippen molar-refractivity contribution in [3.8, 4) is 5.75 Å². The second-order valence-corrected chi connectivity index (χ2v) is 8.04. The van der Waals surface area contributed by atoms with E-state index in [2.05, 4.69) is 47.4 Å². The summed E-state index contributed by atoms with van der Waals surface area (Å²) in [7, 11) is 1.67. The minimum atomic E-state index is 0.132. The van der Waals surface area contributed by atoms with Crippen molar-refractivity contribution in [2.45, 2.75) is 38.3 Å². The third-order valence-corrected chi connectivity index (χ3v) is 6.41. The van der Waals surface area contributed by atoms with Crippen LogP contribution in [0.15, 0.2) is 36.4 Å². The summed E-state index contributed by atoms with van der Waals surface area (Å²) in [6.45, 7) is 2.95. The molecule has 2 fully saturated rings. The summed E-state index contributed by atoms with van der Waals surface area (Å²) >= 11 is 0. The van der Waals surface area contributed by atoms with Crippen molar-refractivity contribution in [3.05, 3.63) is 42.0 Å². The van der Waals surface area contributed by atoms with E-state index < -0.39 is 0 Å². The van der Waals surface area contributed by atoms with E-state index in [0.29, 0.717) is 18.3 Å². The predicted molar refractivity (Wildman–Crippen MR) is 101 cm³/mol. The van der Waals surface area contributed by atoms with Gasteiger partial charge in [-0.3, -0.25) is 10.2 Å². The van der Waals surface area contributed by atoms with Gasteiger partial charge in [-0.1, -0.05) is 24.3 Å². The highest BCUT2D eigenvalue weighted by atomic mass is 16.5. The molecule has 1 aliphatic heterocycles. The van der Waals surface area contributed by atoms with Crippen molar-refractivity contribution < 1.29 is 9.53 Å². The van der Waals surface area contributed by atoms with Gasteiger partial charge in [-0.05, 0) is 55.2 Å². The quantitative estimate of drug-likeness (QED) is 0.687. The number of hydrazine groups is 1. The van der Waals surface area contributed by atoms with E-state index in [1.54, 1.807) is 7.11 Å². The van der Waals surface area contributed by atoms with Gasteiger partial charge in [0.2, 0.25) is 5.91 Å². The van der Waals surface area contributed by atoms with Crippen LogP contribution in [0.4, 0.5) is 0 Å². The average Bonchev–Trinajstić information content (AvgIpc) is 3.37. The van der Waals surface area contributed by atoms with E-state index in [4.69, 9.17) is 4.74 Å². The Balaban J connectivity index is 1.33. The number of ether oxygens (including phenoxy) is 1. The number of amides is 1. The summed E-state index contributed by atoms with van der Waals surface area (Å²) in [4.78, 5) is 12.6. The number of benzene rings is 1. The molecule has 0 radical (unpaired) electrons. The number of carbonyl (C=O) groups excluding carboxylic acids is 1. The first kappa shape index (κ1) is 17.6. The van der Waals surface area contributed by atoms with Crippen LogP contribution < -0.4 is 20.9 Å². The average molecular weight is 355 g/mol. The van der Waals surface area contributed by atoms with Crippen LogP contribution in [0.1, 0.15) is 37.8 Å². The van der Waals surface area contributed by atoms with Crippen LogP contribution in [0.2, 0.25) is 0 Å². The normalized spacial score (nSPS) is 35.0. The summed E-state index contributed by atoms with van der Waals surface area (Å²) in [5.74, 6) is 3.30. The summed E-state index contributed by atoms with van der Waals surface area (Å²) in [5.41, 5.74) is 7.84. The lowest BCUT2D eigenvalue weighted by molar-refractivity contribution is -0.122. The minimum Gasteiger partial charge on any atom is -0.497 e. The summed E-state index contributed by atoms with van der Waals surface area (Å²) < 4.78 is 5.24. The second-order valence-electron chi connectivity index (χ2n) is 8.04. The molecule has 2 aliphatic carbocycles. The van der Waals surface area contributed by atoms with E-state index in [-0.39, 0.29) is 23.9 Å². The maximum absolute atomic E-state index is 12.6. The Kier molecular flexibility index (Phi) is 5.00. The van der Waals surface area contributed by atoms with Gasteiger partial charge in [0.1, 0.15) is 5.75 Å². The van der Waals surface area contributed by atoms with E-state index in [1.165, 1.54) is 18.4 Å². The number of rotatable bonds is 6. The van der Waals surface area contributed by atoms with E-state index in [9.17, 15) is 4.79 Å². The zero-order valence-electron chi connectivity index (χ0n) is 15.6. The second kappa shape index (κ2) is 7.41. The Labute approximate surface area is 155 Å². The first-order valence-electron chi connectivity index (χ1n) is 9.74. The molecule has 26 heavy (non-hydrogen) atoms. The standard InChI is InChI=1S/C21H29N3O2/c1-13-19(21(24-23-13)15-5-7-18(26-2)8-6-15)11-20(25)22-12-17-10-14-3-4-16(17)9-14/h3-8,13-14,16-17,19,21,23-24H,9-12H2,1-2H3,(H,22,25). The molecule has 5 nitrogen and oxygen atoms in total. The Hall–Kier alpha value is -1.85. The lowest BCUT2D eigenvalue weighted by Crippen LogP contribution is -2.34. The first-order chi connectivity index (χ1) is 12.6. The molecule has 0 aromatic heterocycles. The highest BCUT2D eigenvalue weighted by Gasteiger charge is 2.37. The molecule has 1 aromatic carbocycles. The predicted octanol–water partition coefficient (Wildman–Crippen LogP) is 2.57. The van der Waals surface area contributed by atoms with Gasteiger partial charge < -0.3 is 10.1 Å². The molecule has 5 heteroatoms. The molecular formula is C21H29N3O2. The van der Waals surface area contributed by atoms with Crippen molar-refractivity contribution in [1.29, 1.82) is 0 Å². The van der Waals surface area contributed by atoms with E-state index in [0.717, 1.165) is 18.2 Å². The molecule has 6 unspecified atom stereocenters. The van der Waals surface area contributed by atoms with Gasteiger partial charge in [0.15, 0.2) is 0 Å². The Bertz CT molecular complexity index is 672. The molecule has 1 saturated heterocycles. The summed E-state index contributed by atoms with van der Waals surface area (Å²) in [6, 6.07) is 8.47. The third kappa shape index (κ3) is 3.51. The molecule has 2 bridgehead atoms. The topological polar surface area (TPSA) is 62.4 Å². The smallest absolute Gasteiger partial charge is 0.220 e. The number of allylic oxidation sites excluding steroid dienone is 2. The molecule has 1 amide bonds. The highest BCUT2D eigenvalue weighted by molar-refractivity contribution is 5.76. The molecule has 1 saturated carbocycles. The first-order valence-corrected chi connectivity index (χ1v) is 9.74. The Morgan fingerprint density at radius 3 is 2.65 bits per heavy atom. The maximum Gasteiger partial charge on any atom is 0.220 e. The number of hydrogen-bond acceptors (Lipinski definition) is 4. The summed E-state index contributed by atoms with van der Waals surface area (Å²) in [5, 5.41) is 3.20. The van der Waals surface area contributed by atoms with Crippen LogP contribution in [-0.2, 0) is 4.79 Å². The third-order valence-electron chi connectivity index (χ3n) is 6.41. The maximum atomic E-state index is 12.6. The van der Waals surface area contributed by atoms with Gasteiger partial charge in [0, 0.05) is 24.9 Å². The number of hydrogen-bond donors (Lipinski definition) is 3. The molecule has 0 spiro atoms. The lowest BCUT2D eigenvalue weighted by Gasteiger charge is -2.23. The molecular weight excluding hydrogens is 326 g/mol. The van der Waals surface area contributed by atoms with Gasteiger partial charge in [0.25, 0.3) is 0 Å². The fraction of sp³-hybridized carbons (Fsp3) is 0.571. The molecule has 4 rings (SSSR count).